The Bertz CT molecular complexity index is 1130. The molecule has 10 heteroatoms. The Kier molecular flexibility index (Phi) is 7.97. The van der Waals surface area contributed by atoms with E-state index in [9.17, 15) is 23.6 Å². The van der Waals surface area contributed by atoms with Crippen molar-refractivity contribution in [2.24, 2.45) is 0 Å². The maximum Gasteiger partial charge on any atom is 0.488 e. The standard InChI is InChI=1S/C23H24BF2N3O4/c1-14(2)33-18-9-16(8-17(11-18)24(31)32)13-28-22-19(4-3-7-27-22)23(30)29-12-15-5-6-20(25)21(26)10-15/h3-11,14,31-32H,12-13H2,1-2H3,(H,27,28)(H,29,30). The third-order valence-corrected chi connectivity index (χ3v) is 4.61. The zero-order chi connectivity index (χ0) is 24.0. The molecule has 172 valence electrons. The Morgan fingerprint density at radius 2 is 1.85 bits per heavy atom. The molecule has 0 fully saturated rings. The average Bonchev–Trinajstić information content (AvgIpc) is 2.78. The summed E-state index contributed by atoms with van der Waals surface area (Å²) < 4.78 is 32.1. The number of nitrogens with one attached hydrogen (secondary N) is 2. The lowest BCUT2D eigenvalue weighted by atomic mass is 9.79. The molecule has 0 radical (unpaired) electrons. The first-order valence-corrected chi connectivity index (χ1v) is 10.3. The number of pyridine rings is 1. The van der Waals surface area contributed by atoms with Crippen LogP contribution in [0.1, 0.15) is 35.3 Å². The van der Waals surface area contributed by atoms with Gasteiger partial charge in [0.25, 0.3) is 5.91 Å². The van der Waals surface area contributed by atoms with E-state index in [1.165, 1.54) is 12.3 Å². The molecule has 0 unspecified atom stereocenters. The van der Waals surface area contributed by atoms with Crippen LogP contribution < -0.4 is 20.8 Å². The fraction of sp³-hybridized carbons (Fsp3) is 0.217. The monoisotopic (exact) mass is 455 g/mol. The highest BCUT2D eigenvalue weighted by Crippen LogP contribution is 2.17. The quantitative estimate of drug-likeness (QED) is 0.370. The normalized spacial score (nSPS) is 10.8. The number of benzene rings is 2. The smallest absolute Gasteiger partial charge is 0.488 e. The van der Waals surface area contributed by atoms with Gasteiger partial charge in [-0.1, -0.05) is 12.1 Å². The maximum absolute atomic E-state index is 13.4. The van der Waals surface area contributed by atoms with E-state index < -0.39 is 24.7 Å². The molecule has 33 heavy (non-hydrogen) atoms. The summed E-state index contributed by atoms with van der Waals surface area (Å²) in [4.78, 5) is 16.9. The van der Waals surface area contributed by atoms with Gasteiger partial charge in [0, 0.05) is 19.3 Å². The van der Waals surface area contributed by atoms with Crippen molar-refractivity contribution >= 4 is 24.3 Å². The van der Waals surface area contributed by atoms with Crippen LogP contribution >= 0.6 is 0 Å². The molecule has 0 atom stereocenters. The minimum Gasteiger partial charge on any atom is -0.491 e. The summed E-state index contributed by atoms with van der Waals surface area (Å²) in [5, 5.41) is 24.9. The summed E-state index contributed by atoms with van der Waals surface area (Å²) in [6.45, 7) is 3.96. The lowest BCUT2D eigenvalue weighted by Gasteiger charge is -2.15. The first kappa shape index (κ1) is 24.2. The van der Waals surface area contributed by atoms with Crippen molar-refractivity contribution in [1.29, 1.82) is 0 Å². The van der Waals surface area contributed by atoms with Gasteiger partial charge in [0.1, 0.15) is 11.6 Å². The lowest BCUT2D eigenvalue weighted by molar-refractivity contribution is 0.0951. The predicted molar refractivity (Wildman–Crippen MR) is 121 cm³/mol. The molecule has 0 spiro atoms. The minimum absolute atomic E-state index is 0.0106. The molecule has 0 saturated heterocycles. The van der Waals surface area contributed by atoms with Gasteiger partial charge in [0.05, 0.1) is 11.7 Å². The molecule has 1 heterocycles. The van der Waals surface area contributed by atoms with Crippen molar-refractivity contribution < 1.29 is 28.4 Å². The number of anilines is 1. The highest BCUT2D eigenvalue weighted by Gasteiger charge is 2.16. The van der Waals surface area contributed by atoms with E-state index in [1.54, 1.807) is 30.3 Å². The van der Waals surface area contributed by atoms with Crippen molar-refractivity contribution in [1.82, 2.24) is 10.3 Å². The van der Waals surface area contributed by atoms with Gasteiger partial charge in [0.15, 0.2) is 11.6 Å². The number of hydrogen-bond donors (Lipinski definition) is 4. The summed E-state index contributed by atoms with van der Waals surface area (Å²) in [6, 6.07) is 11.5. The number of halogens is 2. The zero-order valence-electron chi connectivity index (χ0n) is 18.2. The number of nitrogens with zero attached hydrogens (tertiary/aromatic N) is 1. The second kappa shape index (κ2) is 10.9. The molecule has 0 saturated carbocycles. The van der Waals surface area contributed by atoms with Gasteiger partial charge >= 0.3 is 7.12 Å². The van der Waals surface area contributed by atoms with Crippen molar-refractivity contribution in [3.05, 3.63) is 83.1 Å². The molecule has 3 aromatic rings. The summed E-state index contributed by atoms with van der Waals surface area (Å²) in [5.74, 6) is -1.59. The first-order chi connectivity index (χ1) is 15.7. The Morgan fingerprint density at radius 3 is 2.55 bits per heavy atom. The fourth-order valence-electron chi connectivity index (χ4n) is 3.12. The molecule has 1 amide bonds. The van der Waals surface area contributed by atoms with Crippen LogP contribution in [0, 0.1) is 11.6 Å². The average molecular weight is 455 g/mol. The molecule has 0 aliphatic heterocycles. The Balaban J connectivity index is 1.72. The predicted octanol–water partition coefficient (Wildman–Crippen LogP) is 2.37. The van der Waals surface area contributed by atoms with Crippen LogP contribution in [0.25, 0.3) is 0 Å². The first-order valence-electron chi connectivity index (χ1n) is 10.3. The van der Waals surface area contributed by atoms with E-state index in [4.69, 9.17) is 4.74 Å². The Labute approximate surface area is 190 Å². The van der Waals surface area contributed by atoms with Crippen LogP contribution in [0.2, 0.25) is 0 Å². The molecule has 7 nitrogen and oxygen atoms in total. The van der Waals surface area contributed by atoms with E-state index in [0.717, 1.165) is 12.1 Å². The van der Waals surface area contributed by atoms with E-state index >= 15 is 0 Å². The maximum atomic E-state index is 13.4. The van der Waals surface area contributed by atoms with Gasteiger partial charge < -0.3 is 25.4 Å². The van der Waals surface area contributed by atoms with Gasteiger partial charge in [-0.3, -0.25) is 4.79 Å². The van der Waals surface area contributed by atoms with E-state index in [2.05, 4.69) is 15.6 Å². The van der Waals surface area contributed by atoms with E-state index in [1.807, 2.05) is 13.8 Å². The van der Waals surface area contributed by atoms with Crippen molar-refractivity contribution in [2.75, 3.05) is 5.32 Å². The highest BCUT2D eigenvalue weighted by atomic mass is 19.2. The number of carbonyl (C=O) groups excluding carboxylic acids is 1. The summed E-state index contributed by atoms with van der Waals surface area (Å²) in [6.07, 6.45) is 1.42. The van der Waals surface area contributed by atoms with Crippen LogP contribution in [0.3, 0.4) is 0 Å². The van der Waals surface area contributed by atoms with Crippen molar-refractivity contribution in [2.45, 2.75) is 33.0 Å². The molecular weight excluding hydrogens is 431 g/mol. The second-order valence-corrected chi connectivity index (χ2v) is 7.63. The molecule has 3 rings (SSSR count). The molecule has 1 aromatic heterocycles. The third-order valence-electron chi connectivity index (χ3n) is 4.61. The van der Waals surface area contributed by atoms with E-state index in [-0.39, 0.29) is 30.2 Å². The number of hydrogen-bond acceptors (Lipinski definition) is 6. The molecule has 2 aromatic carbocycles. The van der Waals surface area contributed by atoms with Crippen LogP contribution in [0.5, 0.6) is 5.75 Å². The van der Waals surface area contributed by atoms with Gasteiger partial charge in [-0.25, -0.2) is 13.8 Å². The lowest BCUT2D eigenvalue weighted by Crippen LogP contribution is -2.30. The van der Waals surface area contributed by atoms with Gasteiger partial charge in [-0.05, 0) is 66.8 Å². The van der Waals surface area contributed by atoms with E-state index in [0.29, 0.717) is 22.7 Å². The fourth-order valence-corrected chi connectivity index (χ4v) is 3.12. The summed E-state index contributed by atoms with van der Waals surface area (Å²) >= 11 is 0. The topological polar surface area (TPSA) is 104 Å². The van der Waals surface area contributed by atoms with Gasteiger partial charge in [-0.2, -0.15) is 0 Å². The van der Waals surface area contributed by atoms with Gasteiger partial charge in [0.2, 0.25) is 0 Å². The number of ether oxygens (including phenoxy) is 1. The summed E-state index contributed by atoms with van der Waals surface area (Å²) in [7, 11) is -1.66. The van der Waals surface area contributed by atoms with Crippen molar-refractivity contribution in [3.63, 3.8) is 0 Å². The van der Waals surface area contributed by atoms with Crippen LogP contribution in [-0.4, -0.2) is 34.2 Å². The molecule has 0 aliphatic carbocycles. The molecule has 4 N–H and O–H groups in total. The minimum atomic E-state index is -1.66. The van der Waals surface area contributed by atoms with Gasteiger partial charge in [-0.15, -0.1) is 0 Å². The third kappa shape index (κ3) is 6.74. The molecule has 0 bridgehead atoms. The number of aromatic nitrogens is 1. The highest BCUT2D eigenvalue weighted by molar-refractivity contribution is 6.58. The zero-order valence-corrected chi connectivity index (χ0v) is 18.2. The number of rotatable bonds is 9. The van der Waals surface area contributed by atoms with Crippen LogP contribution in [0.4, 0.5) is 14.6 Å². The molecule has 0 aliphatic rings. The Morgan fingerprint density at radius 1 is 1.06 bits per heavy atom. The number of carbonyl (C=O) groups is 1. The summed E-state index contributed by atoms with van der Waals surface area (Å²) in [5.41, 5.74) is 1.64. The Hall–Kier alpha value is -3.50. The van der Waals surface area contributed by atoms with Crippen LogP contribution in [-0.2, 0) is 13.1 Å². The second-order valence-electron chi connectivity index (χ2n) is 7.63. The van der Waals surface area contributed by atoms with Crippen LogP contribution in [0.15, 0.2) is 54.7 Å². The SMILES string of the molecule is CC(C)Oc1cc(CNc2ncccc2C(=O)NCc2ccc(F)c(F)c2)cc(B(O)O)c1. The largest absolute Gasteiger partial charge is 0.491 e. The van der Waals surface area contributed by atoms with Crippen molar-refractivity contribution in [3.8, 4) is 5.75 Å². The molecular formula is C23H24BF2N3O4. The number of amides is 1.